The van der Waals surface area contributed by atoms with E-state index < -0.39 is 23.0 Å². The molecule has 0 fully saturated rings. The number of hydrogen-bond acceptors (Lipinski definition) is 5. The first-order valence-electron chi connectivity index (χ1n) is 17.7. The molecule has 0 spiro atoms. The lowest BCUT2D eigenvalue weighted by Gasteiger charge is -2.29. The summed E-state index contributed by atoms with van der Waals surface area (Å²) in [7, 11) is 0. The lowest BCUT2D eigenvalue weighted by Crippen LogP contribution is -2.11. The molecule has 6 nitrogen and oxygen atoms in total. The van der Waals surface area contributed by atoms with Gasteiger partial charge < -0.3 is 29.9 Å². The quantitative estimate of drug-likeness (QED) is 0.0981. The number of phenols is 4. The van der Waals surface area contributed by atoms with E-state index in [0.29, 0.717) is 22.6 Å². The zero-order chi connectivity index (χ0) is 36.8. The number of hydrogen-bond donors (Lipinski definition) is 4. The van der Waals surface area contributed by atoms with E-state index >= 15 is 0 Å². The summed E-state index contributed by atoms with van der Waals surface area (Å²) in [6.45, 7) is 0. The third-order valence-corrected chi connectivity index (χ3v) is 10.1. The van der Waals surface area contributed by atoms with Gasteiger partial charge in [-0.15, -0.1) is 0 Å². The normalized spacial score (nSPS) is 11.3. The smallest absolute Gasteiger partial charge is 0.186 e. The fraction of sp³-hybridized carbons (Fsp3) is 0. The Morgan fingerprint density at radius 2 is 0.741 bits per heavy atom. The molecule has 0 amide bonds. The van der Waals surface area contributed by atoms with Crippen molar-refractivity contribution in [2.75, 3.05) is 4.90 Å². The molecule has 54 heavy (non-hydrogen) atoms. The highest BCUT2D eigenvalue weighted by Gasteiger charge is 2.31. The Hall–Kier alpha value is -7.44. The van der Waals surface area contributed by atoms with Crippen LogP contribution in [0.2, 0.25) is 0 Å². The second kappa shape index (κ2) is 13.3. The number of para-hydroxylation sites is 3. The van der Waals surface area contributed by atoms with Gasteiger partial charge in [-0.25, -0.2) is 0 Å². The molecule has 0 unspecified atom stereocenters. The highest BCUT2D eigenvalue weighted by atomic mass is 16.3. The van der Waals surface area contributed by atoms with Gasteiger partial charge >= 0.3 is 0 Å². The average Bonchev–Trinajstić information content (AvgIpc) is 3.57. The third kappa shape index (κ3) is 5.36. The van der Waals surface area contributed by atoms with Crippen LogP contribution in [-0.4, -0.2) is 25.0 Å². The highest BCUT2D eigenvalue weighted by molar-refractivity contribution is 6.10. The Labute approximate surface area is 311 Å². The molecule has 4 N–H and O–H groups in total. The molecule has 9 rings (SSSR count). The Morgan fingerprint density at radius 3 is 1.22 bits per heavy atom. The highest BCUT2D eigenvalue weighted by Crippen LogP contribution is 2.59. The van der Waals surface area contributed by atoms with Crippen LogP contribution in [0, 0.1) is 0 Å². The van der Waals surface area contributed by atoms with Gasteiger partial charge in [0.25, 0.3) is 0 Å². The molecule has 0 radical (unpaired) electrons. The SMILES string of the molecule is Oc1c(O)c(N(c2ccc(-c3ccccc3)cc2)c2ccc(-c3ccccc3)cc2)c(O)c(O)c1-c1ccccc1-n1c2ccccc2c2ccccc21. The summed E-state index contributed by atoms with van der Waals surface area (Å²) in [5, 5.41) is 50.0. The largest absolute Gasteiger partial charge is 0.504 e. The molecule has 1 heterocycles. The molecular weight excluding hydrogens is 669 g/mol. The summed E-state index contributed by atoms with van der Waals surface area (Å²) < 4.78 is 2.07. The van der Waals surface area contributed by atoms with Crippen LogP contribution in [0.3, 0.4) is 0 Å². The van der Waals surface area contributed by atoms with Crippen molar-refractivity contribution in [2.24, 2.45) is 0 Å². The molecule has 260 valence electrons. The van der Waals surface area contributed by atoms with Gasteiger partial charge in [-0.1, -0.05) is 140 Å². The molecule has 1 aromatic heterocycles. The van der Waals surface area contributed by atoms with Gasteiger partial charge in [-0.2, -0.15) is 0 Å². The van der Waals surface area contributed by atoms with Crippen LogP contribution in [0.4, 0.5) is 17.1 Å². The molecule has 0 aliphatic carbocycles. The molecule has 0 saturated carbocycles. The van der Waals surface area contributed by atoms with E-state index in [2.05, 4.69) is 16.7 Å². The summed E-state index contributed by atoms with van der Waals surface area (Å²) in [6.07, 6.45) is 0. The summed E-state index contributed by atoms with van der Waals surface area (Å²) in [5.74, 6) is -2.31. The van der Waals surface area contributed by atoms with Gasteiger partial charge in [-0.05, 0) is 64.7 Å². The zero-order valence-corrected chi connectivity index (χ0v) is 29.0. The van der Waals surface area contributed by atoms with Crippen LogP contribution in [0.15, 0.2) is 182 Å². The Balaban J connectivity index is 1.23. The second-order valence-corrected chi connectivity index (χ2v) is 13.2. The summed E-state index contributed by atoms with van der Waals surface area (Å²) >= 11 is 0. The van der Waals surface area contributed by atoms with Gasteiger partial charge in [0.05, 0.1) is 22.3 Å². The van der Waals surface area contributed by atoms with Crippen LogP contribution in [-0.2, 0) is 0 Å². The number of aromatic nitrogens is 1. The van der Waals surface area contributed by atoms with Gasteiger partial charge in [0.1, 0.15) is 5.69 Å². The monoisotopic (exact) mass is 702 g/mol. The number of nitrogens with zero attached hydrogens (tertiary/aromatic N) is 2. The number of phenolic OH excluding ortho intramolecular Hbond substituents is 4. The molecular formula is C48H34N2O4. The number of benzene rings is 8. The zero-order valence-electron chi connectivity index (χ0n) is 29.0. The Morgan fingerprint density at radius 1 is 0.352 bits per heavy atom. The molecule has 0 aliphatic rings. The van der Waals surface area contributed by atoms with E-state index in [0.717, 1.165) is 44.1 Å². The predicted octanol–water partition coefficient (Wildman–Crippen LogP) is 12.1. The second-order valence-electron chi connectivity index (χ2n) is 13.2. The van der Waals surface area contributed by atoms with Gasteiger partial charge in [0, 0.05) is 27.7 Å². The fourth-order valence-electron chi connectivity index (χ4n) is 7.49. The minimum atomic E-state index is -0.586. The van der Waals surface area contributed by atoms with Crippen LogP contribution >= 0.6 is 0 Å². The maximum absolute atomic E-state index is 12.0. The van der Waals surface area contributed by atoms with Crippen molar-refractivity contribution in [2.45, 2.75) is 0 Å². The van der Waals surface area contributed by atoms with Crippen molar-refractivity contribution < 1.29 is 20.4 Å². The number of rotatable bonds is 7. The summed E-state index contributed by atoms with van der Waals surface area (Å²) in [4.78, 5) is 1.64. The fourth-order valence-corrected chi connectivity index (χ4v) is 7.49. The van der Waals surface area contributed by atoms with E-state index in [1.807, 2.05) is 158 Å². The van der Waals surface area contributed by atoms with Crippen molar-refractivity contribution in [1.29, 1.82) is 0 Å². The van der Waals surface area contributed by atoms with E-state index in [1.165, 1.54) is 0 Å². The van der Waals surface area contributed by atoms with Gasteiger partial charge in [-0.3, -0.25) is 0 Å². The van der Waals surface area contributed by atoms with Crippen molar-refractivity contribution in [3.8, 4) is 62.1 Å². The van der Waals surface area contributed by atoms with Crippen molar-refractivity contribution >= 4 is 38.9 Å². The molecule has 8 aromatic carbocycles. The Kier molecular flexibility index (Phi) is 7.98. The molecule has 0 aliphatic heterocycles. The minimum Gasteiger partial charge on any atom is -0.504 e. The lowest BCUT2D eigenvalue weighted by molar-refractivity contribution is 0.377. The van der Waals surface area contributed by atoms with E-state index in [4.69, 9.17) is 0 Å². The van der Waals surface area contributed by atoms with Crippen LogP contribution in [0.1, 0.15) is 0 Å². The summed E-state index contributed by atoms with van der Waals surface area (Å²) in [6, 6.07) is 58.7. The topological polar surface area (TPSA) is 89.1 Å². The molecule has 9 aromatic rings. The molecule has 0 bridgehead atoms. The van der Waals surface area contributed by atoms with Crippen molar-refractivity contribution in [3.05, 3.63) is 182 Å². The van der Waals surface area contributed by atoms with Crippen molar-refractivity contribution in [1.82, 2.24) is 4.57 Å². The van der Waals surface area contributed by atoms with E-state index in [1.54, 1.807) is 17.0 Å². The predicted molar refractivity (Wildman–Crippen MR) is 218 cm³/mol. The first kappa shape index (κ1) is 32.5. The van der Waals surface area contributed by atoms with Crippen molar-refractivity contribution in [3.63, 3.8) is 0 Å². The first-order chi connectivity index (χ1) is 26.5. The molecule has 0 atom stereocenters. The maximum atomic E-state index is 12.0. The van der Waals surface area contributed by atoms with Gasteiger partial charge in [0.2, 0.25) is 0 Å². The molecule has 0 saturated heterocycles. The summed E-state index contributed by atoms with van der Waals surface area (Å²) in [5.41, 5.74) is 7.88. The number of fused-ring (bicyclic) bond motifs is 3. The van der Waals surface area contributed by atoms with Crippen LogP contribution < -0.4 is 4.90 Å². The number of anilines is 3. The van der Waals surface area contributed by atoms with Crippen LogP contribution in [0.5, 0.6) is 23.0 Å². The van der Waals surface area contributed by atoms with Gasteiger partial charge in [0.15, 0.2) is 23.0 Å². The number of aromatic hydroxyl groups is 4. The lowest BCUT2D eigenvalue weighted by atomic mass is 9.98. The van der Waals surface area contributed by atoms with E-state index in [-0.39, 0.29) is 11.3 Å². The third-order valence-electron chi connectivity index (χ3n) is 10.1. The standard InChI is InChI=1S/C48H34N2O4/c51-45-43(39-19-9-12-22-42(39)50-40-20-10-7-17-37(40)38-18-8-11-21-41(38)50)46(52)48(54)44(47(45)53)49(35-27-23-33(24-28-35)31-13-3-1-4-14-31)36-29-25-34(26-30-36)32-15-5-2-6-16-32/h1-30,51-54H. The van der Waals surface area contributed by atoms with Crippen LogP contribution in [0.25, 0.3) is 60.9 Å². The van der Waals surface area contributed by atoms with E-state index in [9.17, 15) is 20.4 Å². The minimum absolute atomic E-state index is 0.0926. The molecule has 6 heteroatoms. The first-order valence-corrected chi connectivity index (χ1v) is 17.7. The Bertz CT molecular complexity index is 2630. The average molecular weight is 703 g/mol. The maximum Gasteiger partial charge on any atom is 0.186 e.